The van der Waals surface area contributed by atoms with Crippen LogP contribution in [0.2, 0.25) is 0 Å². The lowest BCUT2D eigenvalue weighted by Crippen LogP contribution is -2.52. The summed E-state index contributed by atoms with van der Waals surface area (Å²) in [6.45, 7) is 0.223. The predicted octanol–water partition coefficient (Wildman–Crippen LogP) is 2.97. The number of nitrogens with zero attached hydrogens (tertiary/aromatic N) is 1. The zero-order valence-electron chi connectivity index (χ0n) is 14.1. The molecule has 25 heavy (non-hydrogen) atoms. The summed E-state index contributed by atoms with van der Waals surface area (Å²) >= 11 is 0. The number of hydroxylamine groups is 3. The molecule has 6 heteroatoms. The van der Waals surface area contributed by atoms with Gasteiger partial charge in [0.1, 0.15) is 12.1 Å². The van der Waals surface area contributed by atoms with Crippen LogP contribution >= 0.6 is 0 Å². The molecule has 5 rings (SSSR count). The summed E-state index contributed by atoms with van der Waals surface area (Å²) in [5.41, 5.74) is 4.15. The number of benzene rings is 2. The highest BCUT2D eigenvalue weighted by atomic mass is 16.7. The largest absolute Gasteiger partial charge is 0.632 e. The zero-order chi connectivity index (χ0) is 17.3. The molecule has 1 unspecified atom stereocenters. The van der Waals surface area contributed by atoms with Crippen LogP contribution in [0.5, 0.6) is 23.0 Å². The van der Waals surface area contributed by atoms with Crippen LogP contribution in [-0.4, -0.2) is 30.7 Å². The Kier molecular flexibility index (Phi) is 2.86. The van der Waals surface area contributed by atoms with Gasteiger partial charge >= 0.3 is 0 Å². The molecule has 3 atom stereocenters. The van der Waals surface area contributed by atoms with Crippen LogP contribution in [0.25, 0.3) is 0 Å². The lowest BCUT2D eigenvalue weighted by atomic mass is 9.76. The van der Waals surface area contributed by atoms with Gasteiger partial charge in [0, 0.05) is 24.0 Å². The molecule has 130 valence electrons. The Labute approximate surface area is 145 Å². The molecule has 0 fully saturated rings. The SMILES string of the molecule is COc1cc2c(cc1O)[C@H]1Cc3cc4c(cc3[C@@H](C2)[N+]1(C)[O-])OCO4. The van der Waals surface area contributed by atoms with Crippen molar-refractivity contribution < 1.29 is 24.0 Å². The topological polar surface area (TPSA) is 71.0 Å². The minimum absolute atomic E-state index is 0.0798. The molecule has 0 spiro atoms. The highest BCUT2D eigenvalue weighted by Gasteiger charge is 2.47. The number of hydrogen-bond acceptors (Lipinski definition) is 5. The Morgan fingerprint density at radius 3 is 2.32 bits per heavy atom. The van der Waals surface area contributed by atoms with Crippen molar-refractivity contribution in [2.45, 2.75) is 24.9 Å². The molecule has 0 saturated carbocycles. The third-order valence-electron chi connectivity index (χ3n) is 5.86. The van der Waals surface area contributed by atoms with Crippen molar-refractivity contribution in [2.24, 2.45) is 0 Å². The van der Waals surface area contributed by atoms with Crippen molar-refractivity contribution in [3.05, 3.63) is 51.7 Å². The van der Waals surface area contributed by atoms with Crippen LogP contribution in [0.15, 0.2) is 24.3 Å². The Balaban J connectivity index is 1.69. The number of likely N-dealkylation sites (N-methyl/N-ethyl adjacent to an activating group) is 1. The number of methoxy groups -OCH3 is 1. The number of hydrogen-bond donors (Lipinski definition) is 1. The normalized spacial score (nSPS) is 28.3. The van der Waals surface area contributed by atoms with Crippen LogP contribution in [-0.2, 0) is 12.8 Å². The van der Waals surface area contributed by atoms with Crippen molar-refractivity contribution in [3.63, 3.8) is 0 Å². The van der Waals surface area contributed by atoms with Gasteiger partial charge in [0.15, 0.2) is 23.0 Å². The van der Waals surface area contributed by atoms with E-state index < -0.39 is 0 Å². The van der Waals surface area contributed by atoms with E-state index in [4.69, 9.17) is 14.2 Å². The van der Waals surface area contributed by atoms with E-state index in [9.17, 15) is 10.3 Å². The highest BCUT2D eigenvalue weighted by molar-refractivity contribution is 5.54. The van der Waals surface area contributed by atoms with E-state index in [0.29, 0.717) is 24.3 Å². The van der Waals surface area contributed by atoms with E-state index >= 15 is 0 Å². The van der Waals surface area contributed by atoms with E-state index in [1.54, 1.807) is 13.1 Å². The Hall–Kier alpha value is -2.44. The molecule has 0 aliphatic carbocycles. The first-order valence-corrected chi connectivity index (χ1v) is 8.38. The molecule has 2 bridgehead atoms. The first-order chi connectivity index (χ1) is 12.0. The molecule has 1 N–H and O–H groups in total. The number of quaternary nitrogens is 1. The molecule has 2 aromatic rings. The standard InChI is InChI=1S/C19H19NO5/c1-20(22)14-4-11-6-18-19(25-9-24-18)8-13(11)15(20)3-10-5-17(23-2)16(21)7-12(10)14/h5-8,14-15,21H,3-4,9H2,1-2H3/t14-,15-,20?/m1/s1. The van der Waals surface area contributed by atoms with Crippen molar-refractivity contribution in [2.75, 3.05) is 21.0 Å². The fourth-order valence-electron chi connectivity index (χ4n) is 4.53. The molecular weight excluding hydrogens is 322 g/mol. The maximum Gasteiger partial charge on any atom is 0.231 e. The fourth-order valence-corrected chi connectivity index (χ4v) is 4.53. The van der Waals surface area contributed by atoms with E-state index in [1.807, 2.05) is 18.2 Å². The molecule has 2 aromatic carbocycles. The molecule has 0 saturated heterocycles. The van der Waals surface area contributed by atoms with Crippen molar-refractivity contribution in [1.29, 1.82) is 0 Å². The van der Waals surface area contributed by atoms with Crippen molar-refractivity contribution >= 4 is 0 Å². The van der Waals surface area contributed by atoms with Crippen LogP contribution in [0, 0.1) is 5.21 Å². The van der Waals surface area contributed by atoms with Gasteiger partial charge in [-0.1, -0.05) is 0 Å². The smallest absolute Gasteiger partial charge is 0.231 e. The first-order valence-electron chi connectivity index (χ1n) is 8.38. The summed E-state index contributed by atoms with van der Waals surface area (Å²) in [5.74, 6) is 1.99. The lowest BCUT2D eigenvalue weighted by molar-refractivity contribution is -0.927. The summed E-state index contributed by atoms with van der Waals surface area (Å²) in [5, 5.41) is 23.7. The van der Waals surface area contributed by atoms with E-state index in [0.717, 1.165) is 28.0 Å². The molecule has 0 amide bonds. The number of ether oxygens (including phenoxy) is 3. The van der Waals surface area contributed by atoms with Gasteiger partial charge in [0.2, 0.25) is 6.79 Å². The lowest BCUT2D eigenvalue weighted by Gasteiger charge is -2.57. The van der Waals surface area contributed by atoms with Gasteiger partial charge in [-0.05, 0) is 35.4 Å². The number of aromatic hydroxyl groups is 1. The van der Waals surface area contributed by atoms with Gasteiger partial charge in [-0.25, -0.2) is 0 Å². The number of rotatable bonds is 1. The number of fused-ring (bicyclic) bond motifs is 7. The third-order valence-corrected chi connectivity index (χ3v) is 5.86. The Morgan fingerprint density at radius 2 is 1.64 bits per heavy atom. The molecule has 3 aliphatic rings. The number of phenolic OH excluding ortho intramolecular Hbond substituents is 1. The molecule has 3 heterocycles. The van der Waals surface area contributed by atoms with Crippen LogP contribution in [0.1, 0.15) is 34.3 Å². The maximum atomic E-state index is 13.5. The Bertz CT molecular complexity index is 892. The van der Waals surface area contributed by atoms with Crippen LogP contribution < -0.4 is 14.2 Å². The van der Waals surface area contributed by atoms with Crippen LogP contribution in [0.4, 0.5) is 0 Å². The van der Waals surface area contributed by atoms with E-state index in [-0.39, 0.29) is 29.3 Å². The van der Waals surface area contributed by atoms with E-state index in [2.05, 4.69) is 0 Å². The molecule has 6 nitrogen and oxygen atoms in total. The molecule has 0 aromatic heterocycles. The quantitative estimate of drug-likeness (QED) is 0.638. The third kappa shape index (κ3) is 1.92. The highest BCUT2D eigenvalue weighted by Crippen LogP contribution is 2.54. The summed E-state index contributed by atoms with van der Waals surface area (Å²) in [6.07, 6.45) is 1.22. The predicted molar refractivity (Wildman–Crippen MR) is 89.7 cm³/mol. The van der Waals surface area contributed by atoms with Gasteiger partial charge in [0.05, 0.1) is 14.2 Å². The van der Waals surface area contributed by atoms with Gasteiger partial charge in [-0.15, -0.1) is 0 Å². The van der Waals surface area contributed by atoms with Crippen molar-refractivity contribution in [3.8, 4) is 23.0 Å². The second-order valence-corrected chi connectivity index (χ2v) is 7.13. The second-order valence-electron chi connectivity index (χ2n) is 7.13. The monoisotopic (exact) mass is 341 g/mol. The summed E-state index contributed by atoms with van der Waals surface area (Å²) in [4.78, 5) is 0. The zero-order valence-corrected chi connectivity index (χ0v) is 14.1. The average molecular weight is 341 g/mol. The van der Waals surface area contributed by atoms with Gasteiger partial charge in [-0.2, -0.15) is 0 Å². The summed E-state index contributed by atoms with van der Waals surface area (Å²) < 4.78 is 15.9. The van der Waals surface area contributed by atoms with Gasteiger partial charge in [0.25, 0.3) is 0 Å². The van der Waals surface area contributed by atoms with E-state index in [1.165, 1.54) is 7.11 Å². The van der Waals surface area contributed by atoms with Crippen LogP contribution in [0.3, 0.4) is 0 Å². The minimum atomic E-state index is -0.370. The fraction of sp³-hybridized carbons (Fsp3) is 0.368. The van der Waals surface area contributed by atoms with Crippen molar-refractivity contribution in [1.82, 2.24) is 0 Å². The molecule has 0 radical (unpaired) electrons. The first kappa shape index (κ1) is 14.9. The maximum absolute atomic E-state index is 13.5. The van der Waals surface area contributed by atoms with Gasteiger partial charge < -0.3 is 29.2 Å². The minimum Gasteiger partial charge on any atom is -0.632 e. The Morgan fingerprint density at radius 1 is 1.04 bits per heavy atom. The molecular formula is C19H19NO5. The average Bonchev–Trinajstić information content (AvgIpc) is 3.02. The number of phenols is 1. The molecule has 3 aliphatic heterocycles. The summed E-state index contributed by atoms with van der Waals surface area (Å²) in [6, 6.07) is 7.08. The van der Waals surface area contributed by atoms with Gasteiger partial charge in [-0.3, -0.25) is 0 Å². The summed E-state index contributed by atoms with van der Waals surface area (Å²) in [7, 11) is 3.27. The second kappa shape index (κ2) is 4.80.